The molecule has 0 radical (unpaired) electrons. The van der Waals surface area contributed by atoms with E-state index in [2.05, 4.69) is 10.6 Å². The highest BCUT2D eigenvalue weighted by Crippen LogP contribution is 2.20. The minimum atomic E-state index is -0.126. The van der Waals surface area contributed by atoms with E-state index in [1.807, 2.05) is 59.5 Å². The van der Waals surface area contributed by atoms with Crippen LogP contribution < -0.4 is 10.6 Å². The third-order valence-electron chi connectivity index (χ3n) is 5.39. The van der Waals surface area contributed by atoms with Gasteiger partial charge in [-0.2, -0.15) is 0 Å². The number of piperidine rings is 1. The molecule has 1 aliphatic heterocycles. The molecule has 2 N–H and O–H groups in total. The van der Waals surface area contributed by atoms with Gasteiger partial charge < -0.3 is 15.5 Å². The molecule has 30 heavy (non-hydrogen) atoms. The second kappa shape index (κ2) is 10.6. The molecule has 0 aliphatic carbocycles. The van der Waals surface area contributed by atoms with Gasteiger partial charge in [-0.15, -0.1) is 0 Å². The summed E-state index contributed by atoms with van der Waals surface area (Å²) in [4.78, 5) is 37.6. The van der Waals surface area contributed by atoms with Gasteiger partial charge in [0.2, 0.25) is 11.8 Å². The molecule has 158 valence electrons. The van der Waals surface area contributed by atoms with E-state index in [-0.39, 0.29) is 23.6 Å². The molecule has 0 unspecified atom stereocenters. The lowest BCUT2D eigenvalue weighted by Crippen LogP contribution is -2.44. The zero-order valence-electron chi connectivity index (χ0n) is 17.4. The average Bonchev–Trinajstić information content (AvgIpc) is 2.78. The van der Waals surface area contributed by atoms with Crippen molar-refractivity contribution in [2.24, 2.45) is 5.92 Å². The van der Waals surface area contributed by atoms with Crippen molar-refractivity contribution in [3.63, 3.8) is 0 Å². The highest BCUT2D eigenvalue weighted by molar-refractivity contribution is 5.94. The Bertz CT molecular complexity index is 865. The molecule has 1 atom stereocenters. The predicted molar refractivity (Wildman–Crippen MR) is 117 cm³/mol. The molecule has 0 aromatic heterocycles. The third-order valence-corrected chi connectivity index (χ3v) is 5.39. The van der Waals surface area contributed by atoms with Crippen molar-refractivity contribution >= 4 is 17.7 Å². The first-order valence-corrected chi connectivity index (χ1v) is 10.5. The van der Waals surface area contributed by atoms with Crippen molar-refractivity contribution in [1.29, 1.82) is 0 Å². The topological polar surface area (TPSA) is 78.5 Å². The zero-order valence-corrected chi connectivity index (χ0v) is 17.4. The lowest BCUT2D eigenvalue weighted by atomic mass is 9.97. The van der Waals surface area contributed by atoms with Crippen LogP contribution in [0.2, 0.25) is 0 Å². The van der Waals surface area contributed by atoms with Crippen LogP contribution >= 0.6 is 0 Å². The Morgan fingerprint density at radius 2 is 1.67 bits per heavy atom. The van der Waals surface area contributed by atoms with Crippen molar-refractivity contribution in [3.05, 3.63) is 60.2 Å². The van der Waals surface area contributed by atoms with E-state index in [0.717, 1.165) is 30.5 Å². The van der Waals surface area contributed by atoms with Crippen molar-refractivity contribution in [1.82, 2.24) is 15.5 Å². The summed E-state index contributed by atoms with van der Waals surface area (Å²) in [6.45, 7) is 3.75. The monoisotopic (exact) mass is 407 g/mol. The molecule has 2 aromatic carbocycles. The minimum Gasteiger partial charge on any atom is -0.356 e. The first kappa shape index (κ1) is 21.6. The van der Waals surface area contributed by atoms with E-state index in [4.69, 9.17) is 0 Å². The second-order valence-corrected chi connectivity index (χ2v) is 7.73. The zero-order chi connectivity index (χ0) is 21.3. The Morgan fingerprint density at radius 1 is 0.967 bits per heavy atom. The van der Waals surface area contributed by atoms with E-state index in [1.54, 1.807) is 0 Å². The van der Waals surface area contributed by atoms with Gasteiger partial charge in [0.15, 0.2) is 0 Å². The van der Waals surface area contributed by atoms with Gasteiger partial charge in [0.05, 0.1) is 0 Å². The van der Waals surface area contributed by atoms with Gasteiger partial charge in [-0.05, 0) is 42.0 Å². The fourth-order valence-electron chi connectivity index (χ4n) is 3.75. The van der Waals surface area contributed by atoms with E-state index in [0.29, 0.717) is 31.6 Å². The van der Waals surface area contributed by atoms with Gasteiger partial charge in [-0.1, -0.05) is 42.5 Å². The quantitative estimate of drug-likeness (QED) is 0.741. The van der Waals surface area contributed by atoms with E-state index < -0.39 is 0 Å². The highest BCUT2D eigenvalue weighted by Gasteiger charge is 2.23. The molecule has 3 amide bonds. The number of hydrogen-bond donors (Lipinski definition) is 2. The lowest BCUT2D eigenvalue weighted by Gasteiger charge is -2.33. The summed E-state index contributed by atoms with van der Waals surface area (Å²) in [5.41, 5.74) is 2.83. The van der Waals surface area contributed by atoms with Crippen LogP contribution in [0.1, 0.15) is 36.5 Å². The Labute approximate surface area is 177 Å². The Balaban J connectivity index is 1.47. The van der Waals surface area contributed by atoms with Gasteiger partial charge in [-0.3, -0.25) is 14.4 Å². The standard InChI is InChI=1S/C24H29N3O3/c1-18(28)25-14-13-23(29)27-15-5-6-19(17-27)16-26-24(30)22-11-9-21(10-12-22)20-7-3-2-4-8-20/h2-4,7-12,19H,5-6,13-17H2,1H3,(H,25,28)(H,26,30)/t19-/m0/s1. The molecule has 6 heteroatoms. The fourth-order valence-corrected chi connectivity index (χ4v) is 3.75. The Morgan fingerprint density at radius 3 is 2.37 bits per heavy atom. The molecule has 1 heterocycles. The Kier molecular flexibility index (Phi) is 7.60. The van der Waals surface area contributed by atoms with Gasteiger partial charge in [0, 0.05) is 45.1 Å². The van der Waals surface area contributed by atoms with Crippen LogP contribution in [-0.2, 0) is 9.59 Å². The molecule has 2 aromatic rings. The highest BCUT2D eigenvalue weighted by atomic mass is 16.2. The summed E-state index contributed by atoms with van der Waals surface area (Å²) in [6, 6.07) is 17.7. The van der Waals surface area contributed by atoms with Crippen LogP contribution in [0.4, 0.5) is 0 Å². The predicted octanol–water partition coefficient (Wildman–Crippen LogP) is 2.85. The van der Waals surface area contributed by atoms with Crippen LogP contribution in [0.5, 0.6) is 0 Å². The first-order valence-electron chi connectivity index (χ1n) is 10.5. The number of likely N-dealkylation sites (tertiary alicyclic amines) is 1. The lowest BCUT2D eigenvalue weighted by molar-refractivity contribution is -0.132. The van der Waals surface area contributed by atoms with Crippen LogP contribution in [-0.4, -0.2) is 48.8 Å². The molecule has 3 rings (SSSR count). The summed E-state index contributed by atoms with van der Waals surface area (Å²) in [7, 11) is 0. The fraction of sp³-hybridized carbons (Fsp3) is 0.375. The summed E-state index contributed by atoms with van der Waals surface area (Å²) < 4.78 is 0. The normalized spacial score (nSPS) is 16.0. The largest absolute Gasteiger partial charge is 0.356 e. The van der Waals surface area contributed by atoms with Crippen LogP contribution in [0, 0.1) is 5.92 Å². The number of nitrogens with zero attached hydrogens (tertiary/aromatic N) is 1. The summed E-state index contributed by atoms with van der Waals surface area (Å²) in [5.74, 6) is 0.0786. The van der Waals surface area contributed by atoms with Gasteiger partial charge >= 0.3 is 0 Å². The average molecular weight is 408 g/mol. The SMILES string of the molecule is CC(=O)NCCC(=O)N1CCC[C@@H](CNC(=O)c2ccc(-c3ccccc3)cc2)C1. The minimum absolute atomic E-state index is 0.0521. The maximum absolute atomic E-state index is 12.5. The molecule has 1 saturated heterocycles. The number of amides is 3. The summed E-state index contributed by atoms with van der Waals surface area (Å²) in [5, 5.41) is 5.67. The van der Waals surface area contributed by atoms with Gasteiger partial charge in [0.25, 0.3) is 5.91 Å². The van der Waals surface area contributed by atoms with Gasteiger partial charge in [-0.25, -0.2) is 0 Å². The maximum Gasteiger partial charge on any atom is 0.251 e. The second-order valence-electron chi connectivity index (χ2n) is 7.73. The van der Waals surface area contributed by atoms with Crippen molar-refractivity contribution < 1.29 is 14.4 Å². The number of nitrogens with one attached hydrogen (secondary N) is 2. The molecule has 1 aliphatic rings. The van der Waals surface area contributed by atoms with Crippen molar-refractivity contribution in [3.8, 4) is 11.1 Å². The van der Waals surface area contributed by atoms with E-state index in [9.17, 15) is 14.4 Å². The van der Waals surface area contributed by atoms with Crippen molar-refractivity contribution in [2.45, 2.75) is 26.2 Å². The molecule has 0 bridgehead atoms. The summed E-state index contributed by atoms with van der Waals surface area (Å²) >= 11 is 0. The summed E-state index contributed by atoms with van der Waals surface area (Å²) in [6.07, 6.45) is 2.23. The van der Waals surface area contributed by atoms with Crippen LogP contribution in [0.3, 0.4) is 0 Å². The first-order chi connectivity index (χ1) is 14.5. The molecular weight excluding hydrogens is 378 g/mol. The number of hydrogen-bond acceptors (Lipinski definition) is 3. The number of rotatable bonds is 7. The van der Waals surface area contributed by atoms with E-state index in [1.165, 1.54) is 6.92 Å². The smallest absolute Gasteiger partial charge is 0.251 e. The molecule has 0 spiro atoms. The third kappa shape index (κ3) is 6.17. The molecular formula is C24H29N3O3. The van der Waals surface area contributed by atoms with Gasteiger partial charge in [0.1, 0.15) is 0 Å². The molecule has 1 fully saturated rings. The van der Waals surface area contributed by atoms with Crippen LogP contribution in [0.25, 0.3) is 11.1 Å². The maximum atomic E-state index is 12.5. The molecule has 0 saturated carbocycles. The number of carbonyl (C=O) groups excluding carboxylic acids is 3. The number of benzene rings is 2. The van der Waals surface area contributed by atoms with Crippen LogP contribution in [0.15, 0.2) is 54.6 Å². The molecule has 6 nitrogen and oxygen atoms in total. The van der Waals surface area contributed by atoms with E-state index >= 15 is 0 Å². The number of carbonyl (C=O) groups is 3. The van der Waals surface area contributed by atoms with Crippen molar-refractivity contribution in [2.75, 3.05) is 26.2 Å². The Hall–Kier alpha value is -3.15.